The minimum Gasteiger partial charge on any atom is -0.496 e. The highest BCUT2D eigenvalue weighted by Crippen LogP contribution is 2.37. The van der Waals surface area contributed by atoms with Crippen LogP contribution >= 0.6 is 0 Å². The highest BCUT2D eigenvalue weighted by molar-refractivity contribution is 5.95. The highest BCUT2D eigenvalue weighted by atomic mass is 19.2. The Kier molecular flexibility index (Phi) is 5.19. The lowest BCUT2D eigenvalue weighted by molar-refractivity contribution is -0.143. The fraction of sp³-hybridized carbons (Fsp3) is 0.364. The maximum atomic E-state index is 13.7. The number of aliphatic hydroxyl groups is 1. The van der Waals surface area contributed by atoms with E-state index < -0.39 is 17.2 Å². The van der Waals surface area contributed by atoms with E-state index in [0.29, 0.717) is 55.7 Å². The van der Waals surface area contributed by atoms with Gasteiger partial charge in [0.25, 0.3) is 11.8 Å². The van der Waals surface area contributed by atoms with Gasteiger partial charge in [-0.2, -0.15) is 0 Å². The van der Waals surface area contributed by atoms with Gasteiger partial charge in [-0.3, -0.25) is 9.59 Å². The van der Waals surface area contributed by atoms with Crippen LogP contribution in [0, 0.1) is 11.6 Å². The van der Waals surface area contributed by atoms with Crippen molar-refractivity contribution in [3.8, 4) is 16.9 Å². The van der Waals surface area contributed by atoms with Gasteiger partial charge in [-0.25, -0.2) is 8.78 Å². The third-order valence-corrected chi connectivity index (χ3v) is 5.66. The van der Waals surface area contributed by atoms with Crippen molar-refractivity contribution in [1.29, 1.82) is 0 Å². The van der Waals surface area contributed by atoms with Gasteiger partial charge in [0.05, 0.1) is 7.11 Å². The second-order valence-corrected chi connectivity index (χ2v) is 7.66. The van der Waals surface area contributed by atoms with Crippen LogP contribution in [0.15, 0.2) is 36.4 Å². The Morgan fingerprint density at radius 3 is 2.10 bits per heavy atom. The number of carbonyl (C=O) groups is 2. The summed E-state index contributed by atoms with van der Waals surface area (Å²) in [7, 11) is 1.38. The third-order valence-electron chi connectivity index (χ3n) is 5.66. The third kappa shape index (κ3) is 3.75. The Bertz CT molecular complexity index is 981. The summed E-state index contributed by atoms with van der Waals surface area (Å²) in [4.78, 5) is 28.3. The molecule has 1 N–H and O–H groups in total. The smallest absolute Gasteiger partial charge is 0.254 e. The van der Waals surface area contributed by atoms with E-state index in [0.717, 1.165) is 12.1 Å². The Hall–Kier alpha value is -3.00. The average Bonchev–Trinajstić information content (AvgIpc) is 3.53. The first kappa shape index (κ1) is 20.3. The van der Waals surface area contributed by atoms with Gasteiger partial charge in [0.2, 0.25) is 0 Å². The number of benzene rings is 2. The molecule has 1 aliphatic carbocycles. The Labute approximate surface area is 172 Å². The molecule has 1 saturated carbocycles. The fourth-order valence-electron chi connectivity index (χ4n) is 3.64. The summed E-state index contributed by atoms with van der Waals surface area (Å²) in [6.07, 6.45) is 1.00. The molecule has 0 aromatic heterocycles. The molecule has 0 spiro atoms. The summed E-state index contributed by atoms with van der Waals surface area (Å²) in [6.45, 7) is 1.55. The molecule has 4 rings (SSSR count). The van der Waals surface area contributed by atoms with Crippen molar-refractivity contribution in [2.75, 3.05) is 33.3 Å². The van der Waals surface area contributed by atoms with Gasteiger partial charge in [-0.15, -0.1) is 0 Å². The predicted molar refractivity (Wildman–Crippen MR) is 105 cm³/mol. The van der Waals surface area contributed by atoms with Crippen LogP contribution in [0.25, 0.3) is 11.1 Å². The van der Waals surface area contributed by atoms with Crippen LogP contribution in [0.2, 0.25) is 0 Å². The predicted octanol–water partition coefficient (Wildman–Crippen LogP) is 2.45. The molecule has 6 nitrogen and oxygen atoms in total. The van der Waals surface area contributed by atoms with Gasteiger partial charge in [-0.1, -0.05) is 12.1 Å². The van der Waals surface area contributed by atoms with Gasteiger partial charge in [0, 0.05) is 43.4 Å². The van der Waals surface area contributed by atoms with Gasteiger partial charge < -0.3 is 19.6 Å². The summed E-state index contributed by atoms with van der Waals surface area (Å²) in [6, 6.07) is 8.62. The lowest BCUT2D eigenvalue weighted by Gasteiger charge is -2.35. The number of methoxy groups -OCH3 is 1. The second kappa shape index (κ2) is 7.68. The summed E-state index contributed by atoms with van der Waals surface area (Å²) < 4.78 is 32.2. The molecule has 2 amide bonds. The highest BCUT2D eigenvalue weighted by Gasteiger charge is 2.50. The number of piperazine rings is 1. The minimum atomic E-state index is -1.19. The van der Waals surface area contributed by atoms with Crippen molar-refractivity contribution in [2.45, 2.75) is 18.4 Å². The van der Waals surface area contributed by atoms with Crippen molar-refractivity contribution in [2.24, 2.45) is 0 Å². The van der Waals surface area contributed by atoms with Crippen LogP contribution in [-0.4, -0.2) is 65.6 Å². The van der Waals surface area contributed by atoms with E-state index in [2.05, 4.69) is 0 Å². The van der Waals surface area contributed by atoms with Gasteiger partial charge in [0.1, 0.15) is 11.4 Å². The van der Waals surface area contributed by atoms with Crippen LogP contribution in [0.4, 0.5) is 8.78 Å². The van der Waals surface area contributed by atoms with E-state index in [1.807, 2.05) is 0 Å². The Morgan fingerprint density at radius 2 is 1.53 bits per heavy atom. The molecule has 0 radical (unpaired) electrons. The number of hydrogen-bond donors (Lipinski definition) is 1. The zero-order valence-corrected chi connectivity index (χ0v) is 16.5. The molecule has 1 saturated heterocycles. The lowest BCUT2D eigenvalue weighted by atomic mass is 10.0. The molecule has 2 aliphatic rings. The average molecular weight is 416 g/mol. The number of nitrogens with zero attached hydrogens (tertiary/aromatic N) is 2. The molecule has 0 unspecified atom stereocenters. The van der Waals surface area contributed by atoms with Crippen LogP contribution in [-0.2, 0) is 4.79 Å². The summed E-state index contributed by atoms with van der Waals surface area (Å²) >= 11 is 0. The fourth-order valence-corrected chi connectivity index (χ4v) is 3.64. The molecule has 2 aromatic rings. The van der Waals surface area contributed by atoms with Crippen molar-refractivity contribution in [1.82, 2.24) is 9.80 Å². The number of rotatable bonds is 4. The van der Waals surface area contributed by atoms with Gasteiger partial charge in [0.15, 0.2) is 11.6 Å². The Morgan fingerprint density at radius 1 is 0.967 bits per heavy atom. The van der Waals surface area contributed by atoms with E-state index in [1.54, 1.807) is 34.1 Å². The van der Waals surface area contributed by atoms with Crippen molar-refractivity contribution >= 4 is 11.8 Å². The number of ether oxygens (including phenoxy) is 1. The van der Waals surface area contributed by atoms with E-state index in [9.17, 15) is 23.5 Å². The standard InChI is InChI=1S/C22H22F2N2O4/c1-30-19-13-18(24)17(23)12-16(19)14-2-4-15(5-3-14)20(27)25-8-10-26(11-9-25)21(28)22(29)6-7-22/h2-5,12-13,29H,6-11H2,1H3. The largest absolute Gasteiger partial charge is 0.496 e. The first-order valence-corrected chi connectivity index (χ1v) is 9.77. The molecule has 1 aliphatic heterocycles. The van der Waals surface area contributed by atoms with Crippen LogP contribution < -0.4 is 4.74 Å². The minimum absolute atomic E-state index is 0.170. The summed E-state index contributed by atoms with van der Waals surface area (Å²) in [5.41, 5.74) is 0.250. The second-order valence-electron chi connectivity index (χ2n) is 7.66. The number of amides is 2. The van der Waals surface area contributed by atoms with Crippen molar-refractivity contribution in [3.63, 3.8) is 0 Å². The molecule has 2 aromatic carbocycles. The van der Waals surface area contributed by atoms with E-state index >= 15 is 0 Å². The maximum absolute atomic E-state index is 13.7. The zero-order chi connectivity index (χ0) is 21.5. The topological polar surface area (TPSA) is 70.1 Å². The quantitative estimate of drug-likeness (QED) is 0.831. The molecular formula is C22H22F2N2O4. The van der Waals surface area contributed by atoms with Crippen LogP contribution in [0.5, 0.6) is 5.75 Å². The summed E-state index contributed by atoms with van der Waals surface area (Å²) in [5, 5.41) is 9.97. The monoisotopic (exact) mass is 416 g/mol. The van der Waals surface area contributed by atoms with Gasteiger partial charge >= 0.3 is 0 Å². The van der Waals surface area contributed by atoms with E-state index in [4.69, 9.17) is 4.74 Å². The molecule has 0 atom stereocenters. The number of halogens is 2. The molecule has 8 heteroatoms. The summed E-state index contributed by atoms with van der Waals surface area (Å²) in [5.74, 6) is -2.19. The van der Waals surface area contributed by atoms with Crippen molar-refractivity contribution in [3.05, 3.63) is 53.6 Å². The molecule has 2 fully saturated rings. The molecule has 1 heterocycles. The first-order valence-electron chi connectivity index (χ1n) is 9.77. The number of carbonyl (C=O) groups excluding carboxylic acids is 2. The Balaban J connectivity index is 1.44. The first-order chi connectivity index (χ1) is 14.3. The maximum Gasteiger partial charge on any atom is 0.254 e. The zero-order valence-electron chi connectivity index (χ0n) is 16.5. The van der Waals surface area contributed by atoms with Crippen molar-refractivity contribution < 1.29 is 28.2 Å². The van der Waals surface area contributed by atoms with E-state index in [-0.39, 0.29) is 17.6 Å². The number of hydrogen-bond acceptors (Lipinski definition) is 4. The van der Waals surface area contributed by atoms with E-state index in [1.165, 1.54) is 7.11 Å². The normalized spacial score (nSPS) is 17.6. The SMILES string of the molecule is COc1cc(F)c(F)cc1-c1ccc(C(=O)N2CCN(C(=O)C3(O)CC3)CC2)cc1. The molecule has 30 heavy (non-hydrogen) atoms. The van der Waals surface area contributed by atoms with Crippen LogP contribution in [0.1, 0.15) is 23.2 Å². The molecule has 0 bridgehead atoms. The molecular weight excluding hydrogens is 394 g/mol. The van der Waals surface area contributed by atoms with Crippen LogP contribution in [0.3, 0.4) is 0 Å². The lowest BCUT2D eigenvalue weighted by Crippen LogP contribution is -2.53. The molecule has 158 valence electrons. The van der Waals surface area contributed by atoms with Gasteiger partial charge in [-0.05, 0) is 36.6 Å².